The molecule has 1 aliphatic rings. The molecule has 0 bridgehead atoms. The van der Waals surface area contributed by atoms with Gasteiger partial charge in [-0.1, -0.05) is 24.3 Å². The predicted octanol–water partition coefficient (Wildman–Crippen LogP) is 4.70. The van der Waals surface area contributed by atoms with E-state index in [4.69, 9.17) is 9.47 Å². The highest BCUT2D eigenvalue weighted by Crippen LogP contribution is 2.32. The van der Waals surface area contributed by atoms with Crippen molar-refractivity contribution >= 4 is 11.9 Å². The Bertz CT molecular complexity index is 857. The molecule has 3 rings (SSSR count). The van der Waals surface area contributed by atoms with E-state index in [1.165, 1.54) is 24.3 Å². The van der Waals surface area contributed by atoms with E-state index in [-0.39, 0.29) is 11.3 Å². The van der Waals surface area contributed by atoms with E-state index in [2.05, 4.69) is 4.90 Å². The van der Waals surface area contributed by atoms with Gasteiger partial charge in [0, 0.05) is 25.2 Å². The molecule has 0 N–H and O–H groups in total. The maximum absolute atomic E-state index is 13.0. The van der Waals surface area contributed by atoms with Crippen molar-refractivity contribution in [3.63, 3.8) is 0 Å². The minimum atomic E-state index is -4.47. The van der Waals surface area contributed by atoms with Gasteiger partial charge in [0.05, 0.1) is 25.4 Å². The van der Waals surface area contributed by atoms with E-state index in [9.17, 15) is 18.0 Å². The number of ketones is 1. The molecule has 0 amide bonds. The quantitative estimate of drug-likeness (QED) is 0.353. The Hall–Kier alpha value is -2.64. The van der Waals surface area contributed by atoms with Crippen molar-refractivity contribution in [2.45, 2.75) is 12.6 Å². The maximum atomic E-state index is 13.0. The summed E-state index contributed by atoms with van der Waals surface area (Å²) >= 11 is 0. The number of hydrogen-bond donors (Lipinski definition) is 0. The van der Waals surface area contributed by atoms with Crippen LogP contribution < -0.4 is 4.74 Å². The molecule has 0 aliphatic carbocycles. The number of allylic oxidation sites excluding steroid dienone is 1. The highest BCUT2D eigenvalue weighted by atomic mass is 19.4. The zero-order valence-electron chi connectivity index (χ0n) is 16.5. The van der Waals surface area contributed by atoms with Crippen molar-refractivity contribution in [2.24, 2.45) is 0 Å². The Morgan fingerprint density at radius 2 is 1.77 bits per heavy atom. The molecule has 0 saturated carbocycles. The summed E-state index contributed by atoms with van der Waals surface area (Å²) in [6.07, 6.45) is -1.23. The SMILES string of the molecule is O=C(C=Cc1ccccc1C(F)(F)F)c1ccc(OCCCN2CCOCC2)cc1. The predicted molar refractivity (Wildman–Crippen MR) is 109 cm³/mol. The van der Waals surface area contributed by atoms with Crippen molar-refractivity contribution in [3.05, 3.63) is 71.3 Å². The second-order valence-corrected chi connectivity index (χ2v) is 6.96. The maximum Gasteiger partial charge on any atom is 0.416 e. The smallest absolute Gasteiger partial charge is 0.416 e. The van der Waals surface area contributed by atoms with E-state index in [0.717, 1.165) is 51.4 Å². The first-order chi connectivity index (χ1) is 14.4. The van der Waals surface area contributed by atoms with Crippen LogP contribution in [0.5, 0.6) is 5.75 Å². The van der Waals surface area contributed by atoms with Crippen LogP contribution in [0, 0.1) is 0 Å². The van der Waals surface area contributed by atoms with Gasteiger partial charge < -0.3 is 9.47 Å². The molecule has 1 fully saturated rings. The van der Waals surface area contributed by atoms with Gasteiger partial charge in [0.2, 0.25) is 0 Å². The van der Waals surface area contributed by atoms with E-state index in [1.54, 1.807) is 24.3 Å². The number of nitrogens with zero attached hydrogens (tertiary/aromatic N) is 1. The van der Waals surface area contributed by atoms with Crippen molar-refractivity contribution in [3.8, 4) is 5.75 Å². The van der Waals surface area contributed by atoms with Gasteiger partial charge >= 0.3 is 6.18 Å². The van der Waals surface area contributed by atoms with Gasteiger partial charge in [0.15, 0.2) is 5.78 Å². The number of ether oxygens (including phenoxy) is 2. The molecule has 0 atom stereocenters. The van der Waals surface area contributed by atoms with Gasteiger partial charge in [0.1, 0.15) is 5.75 Å². The first-order valence-electron chi connectivity index (χ1n) is 9.85. The third kappa shape index (κ3) is 6.43. The van der Waals surface area contributed by atoms with Gasteiger partial charge in [-0.05, 0) is 48.4 Å². The molecule has 1 heterocycles. The van der Waals surface area contributed by atoms with Crippen LogP contribution in [0.2, 0.25) is 0 Å². The number of hydrogen-bond acceptors (Lipinski definition) is 4. The van der Waals surface area contributed by atoms with Crippen molar-refractivity contribution in [1.82, 2.24) is 4.90 Å². The molecule has 2 aromatic carbocycles. The molecule has 1 aliphatic heterocycles. The van der Waals surface area contributed by atoms with Crippen molar-refractivity contribution in [1.29, 1.82) is 0 Å². The van der Waals surface area contributed by atoms with E-state index < -0.39 is 11.7 Å². The highest BCUT2D eigenvalue weighted by molar-refractivity contribution is 6.06. The van der Waals surface area contributed by atoms with E-state index in [0.29, 0.717) is 17.9 Å². The number of benzene rings is 2. The van der Waals surface area contributed by atoms with E-state index >= 15 is 0 Å². The molecule has 0 spiro atoms. The number of halogens is 3. The third-order valence-electron chi connectivity index (χ3n) is 4.81. The topological polar surface area (TPSA) is 38.8 Å². The fourth-order valence-electron chi connectivity index (χ4n) is 3.18. The van der Waals surface area contributed by atoms with Crippen LogP contribution >= 0.6 is 0 Å². The number of morpholine rings is 1. The molecule has 2 aromatic rings. The lowest BCUT2D eigenvalue weighted by Gasteiger charge is -2.26. The second kappa shape index (κ2) is 10.4. The number of alkyl halides is 3. The van der Waals surface area contributed by atoms with Gasteiger partial charge in [-0.3, -0.25) is 9.69 Å². The molecule has 30 heavy (non-hydrogen) atoms. The second-order valence-electron chi connectivity index (χ2n) is 6.96. The summed E-state index contributed by atoms with van der Waals surface area (Å²) in [6.45, 7) is 4.94. The summed E-state index contributed by atoms with van der Waals surface area (Å²) in [6, 6.07) is 11.8. The van der Waals surface area contributed by atoms with Crippen molar-refractivity contribution in [2.75, 3.05) is 39.5 Å². The summed E-state index contributed by atoms with van der Waals surface area (Å²) in [5.41, 5.74) is -0.426. The Balaban J connectivity index is 1.51. The van der Waals surface area contributed by atoms with Crippen LogP contribution in [0.4, 0.5) is 13.2 Å². The molecule has 7 heteroatoms. The lowest BCUT2D eigenvalue weighted by atomic mass is 10.0. The standard InChI is InChI=1S/C23H24F3NO3/c24-23(25,26)21-5-2-1-4-18(21)8-11-22(28)19-6-9-20(10-7-19)30-15-3-12-27-13-16-29-17-14-27/h1-2,4-11H,3,12-17H2. The molecule has 0 aromatic heterocycles. The summed E-state index contributed by atoms with van der Waals surface area (Å²) in [5.74, 6) is 0.283. The molecular weight excluding hydrogens is 395 g/mol. The van der Waals surface area contributed by atoms with Crippen LogP contribution in [-0.2, 0) is 10.9 Å². The fourth-order valence-corrected chi connectivity index (χ4v) is 3.18. The Morgan fingerprint density at radius 3 is 2.47 bits per heavy atom. The summed E-state index contributed by atoms with van der Waals surface area (Å²) in [5, 5.41) is 0. The largest absolute Gasteiger partial charge is 0.494 e. The van der Waals surface area contributed by atoms with Gasteiger partial charge in [-0.25, -0.2) is 0 Å². The molecule has 160 valence electrons. The fraction of sp³-hybridized carbons (Fsp3) is 0.348. The first kappa shape index (κ1) is 22.1. The Labute approximate surface area is 173 Å². The third-order valence-corrected chi connectivity index (χ3v) is 4.81. The van der Waals surface area contributed by atoms with Gasteiger partial charge in [0.25, 0.3) is 0 Å². The molecular formula is C23H24F3NO3. The van der Waals surface area contributed by atoms with Crippen molar-refractivity contribution < 1.29 is 27.4 Å². The Morgan fingerprint density at radius 1 is 1.07 bits per heavy atom. The van der Waals surface area contributed by atoms with Crippen LogP contribution in [-0.4, -0.2) is 50.1 Å². The van der Waals surface area contributed by atoms with Crippen LogP contribution in [0.25, 0.3) is 6.08 Å². The average Bonchev–Trinajstić information content (AvgIpc) is 2.76. The van der Waals surface area contributed by atoms with Crippen LogP contribution in [0.1, 0.15) is 27.9 Å². The zero-order chi connectivity index (χ0) is 21.4. The van der Waals surface area contributed by atoms with Gasteiger partial charge in [-0.15, -0.1) is 0 Å². The van der Waals surface area contributed by atoms with Gasteiger partial charge in [-0.2, -0.15) is 13.2 Å². The molecule has 1 saturated heterocycles. The number of carbonyl (C=O) groups excluding carboxylic acids is 1. The average molecular weight is 419 g/mol. The summed E-state index contributed by atoms with van der Waals surface area (Å²) < 4.78 is 50.1. The monoisotopic (exact) mass is 419 g/mol. The van der Waals surface area contributed by atoms with Crippen LogP contribution in [0.3, 0.4) is 0 Å². The minimum absolute atomic E-state index is 0.0430. The lowest BCUT2D eigenvalue weighted by Crippen LogP contribution is -2.37. The summed E-state index contributed by atoms with van der Waals surface area (Å²) in [4.78, 5) is 14.6. The molecule has 0 unspecified atom stereocenters. The summed E-state index contributed by atoms with van der Waals surface area (Å²) in [7, 11) is 0. The van der Waals surface area contributed by atoms with E-state index in [1.807, 2.05) is 0 Å². The molecule has 4 nitrogen and oxygen atoms in total. The minimum Gasteiger partial charge on any atom is -0.494 e. The van der Waals surface area contributed by atoms with Crippen LogP contribution in [0.15, 0.2) is 54.6 Å². The number of rotatable bonds is 8. The normalized spacial score (nSPS) is 15.4. The first-order valence-corrected chi connectivity index (χ1v) is 9.85. The Kier molecular flexibility index (Phi) is 7.65. The lowest BCUT2D eigenvalue weighted by molar-refractivity contribution is -0.137. The molecule has 0 radical (unpaired) electrons. The number of carbonyl (C=O) groups is 1. The highest BCUT2D eigenvalue weighted by Gasteiger charge is 2.32. The zero-order valence-corrected chi connectivity index (χ0v) is 16.5.